The molecule has 27 heavy (non-hydrogen) atoms. The molecule has 8 heteroatoms. The lowest BCUT2D eigenvalue weighted by Gasteiger charge is -2.36. The number of hydrogen-bond acceptors (Lipinski definition) is 2. The highest BCUT2D eigenvalue weighted by Crippen LogP contribution is 2.44. The number of rotatable bonds is 3. The third-order valence-corrected chi connectivity index (χ3v) is 4.97. The highest BCUT2D eigenvalue weighted by atomic mass is 19.4. The average Bonchev–Trinajstić information content (AvgIpc) is 2.81. The molecule has 1 aliphatic rings. The van der Waals surface area contributed by atoms with Gasteiger partial charge < -0.3 is 15.5 Å². The van der Waals surface area contributed by atoms with Gasteiger partial charge in [0.05, 0.1) is 11.5 Å². The first kappa shape index (κ1) is 21.1. The summed E-state index contributed by atoms with van der Waals surface area (Å²) in [5.41, 5.74) is 0.263. The largest absolute Gasteiger partial charge is 0.394 e. The van der Waals surface area contributed by atoms with Crippen molar-refractivity contribution in [3.05, 3.63) is 29.3 Å². The standard InChI is InChI=1S/C19H26F3N3O2/c1-11(2)23-16(26)14-7-6-13(10-12(14)3)24-17(27)25-9-8-15(18(25,4)5)19(20,21)22/h6-7,10-11,15H,8-9H2,1-5H3,(H,23,26)(H,24,27). The number of benzene rings is 1. The predicted octanol–water partition coefficient (Wildman–Crippen LogP) is 4.33. The van der Waals surface area contributed by atoms with Crippen molar-refractivity contribution in [1.82, 2.24) is 10.2 Å². The van der Waals surface area contributed by atoms with Crippen LogP contribution in [0, 0.1) is 12.8 Å². The third kappa shape index (κ3) is 4.54. The van der Waals surface area contributed by atoms with Gasteiger partial charge in [-0.25, -0.2) is 4.79 Å². The fraction of sp³-hybridized carbons (Fsp3) is 0.579. The molecule has 1 atom stereocenters. The Labute approximate surface area is 157 Å². The fourth-order valence-corrected chi connectivity index (χ4v) is 3.54. The second-order valence-electron chi connectivity index (χ2n) is 7.78. The van der Waals surface area contributed by atoms with Gasteiger partial charge in [0.25, 0.3) is 5.91 Å². The van der Waals surface area contributed by atoms with Crippen LogP contribution >= 0.6 is 0 Å². The van der Waals surface area contributed by atoms with E-state index in [1.165, 1.54) is 18.7 Å². The maximum atomic E-state index is 13.2. The van der Waals surface area contributed by atoms with Crippen LogP contribution in [0.5, 0.6) is 0 Å². The zero-order chi connectivity index (χ0) is 20.6. The van der Waals surface area contributed by atoms with Crippen LogP contribution in [0.1, 0.15) is 50.0 Å². The molecular formula is C19H26F3N3O2. The number of carbonyl (C=O) groups is 2. The maximum Gasteiger partial charge on any atom is 0.394 e. The summed E-state index contributed by atoms with van der Waals surface area (Å²) < 4.78 is 39.6. The number of carbonyl (C=O) groups excluding carboxylic acids is 2. The first-order valence-electron chi connectivity index (χ1n) is 8.91. The van der Waals surface area contributed by atoms with Crippen molar-refractivity contribution in [3.63, 3.8) is 0 Å². The monoisotopic (exact) mass is 385 g/mol. The molecule has 1 aliphatic heterocycles. The molecule has 0 saturated carbocycles. The number of nitrogens with zero attached hydrogens (tertiary/aromatic N) is 1. The molecule has 0 bridgehead atoms. The number of urea groups is 1. The van der Waals surface area contributed by atoms with E-state index in [9.17, 15) is 22.8 Å². The van der Waals surface area contributed by atoms with Crippen molar-refractivity contribution in [2.45, 2.75) is 58.8 Å². The van der Waals surface area contributed by atoms with Crippen molar-refractivity contribution < 1.29 is 22.8 Å². The van der Waals surface area contributed by atoms with Gasteiger partial charge in [-0.2, -0.15) is 13.2 Å². The number of nitrogens with one attached hydrogen (secondary N) is 2. The van der Waals surface area contributed by atoms with Crippen LogP contribution in [-0.4, -0.2) is 41.1 Å². The Morgan fingerprint density at radius 2 is 1.89 bits per heavy atom. The van der Waals surface area contributed by atoms with Gasteiger partial charge in [0.1, 0.15) is 0 Å². The molecule has 1 aromatic carbocycles. The van der Waals surface area contributed by atoms with Gasteiger partial charge in [0, 0.05) is 23.8 Å². The van der Waals surface area contributed by atoms with Crippen LogP contribution in [0.15, 0.2) is 18.2 Å². The highest BCUT2D eigenvalue weighted by Gasteiger charge is 2.56. The molecule has 2 rings (SSSR count). The molecule has 1 unspecified atom stereocenters. The number of amides is 3. The van der Waals surface area contributed by atoms with Gasteiger partial charge in [-0.3, -0.25) is 4.79 Å². The van der Waals surface area contributed by atoms with Crippen molar-refractivity contribution in [2.24, 2.45) is 5.92 Å². The molecular weight excluding hydrogens is 359 g/mol. The average molecular weight is 385 g/mol. The smallest absolute Gasteiger partial charge is 0.350 e. The minimum atomic E-state index is -4.35. The van der Waals surface area contributed by atoms with Crippen molar-refractivity contribution >= 4 is 17.6 Å². The molecule has 0 radical (unpaired) electrons. The Kier molecular flexibility index (Phi) is 5.77. The van der Waals surface area contributed by atoms with E-state index in [1.54, 1.807) is 25.1 Å². The number of aryl methyl sites for hydroxylation is 1. The normalized spacial score (nSPS) is 19.3. The Morgan fingerprint density at radius 1 is 1.26 bits per heavy atom. The Hall–Kier alpha value is -2.25. The van der Waals surface area contributed by atoms with E-state index in [1.807, 2.05) is 13.8 Å². The molecule has 1 aromatic rings. The molecule has 0 aliphatic carbocycles. The van der Waals surface area contributed by atoms with Gasteiger partial charge in [-0.05, 0) is 64.8 Å². The van der Waals surface area contributed by atoms with Crippen LogP contribution in [0.3, 0.4) is 0 Å². The quantitative estimate of drug-likeness (QED) is 0.814. The van der Waals surface area contributed by atoms with Crippen LogP contribution in [-0.2, 0) is 0 Å². The molecule has 0 aromatic heterocycles. The molecule has 3 amide bonds. The van der Waals surface area contributed by atoms with Gasteiger partial charge in [0.2, 0.25) is 0 Å². The van der Waals surface area contributed by atoms with E-state index in [-0.39, 0.29) is 24.9 Å². The summed E-state index contributed by atoms with van der Waals surface area (Å²) in [4.78, 5) is 25.9. The Morgan fingerprint density at radius 3 is 2.37 bits per heavy atom. The zero-order valence-corrected chi connectivity index (χ0v) is 16.2. The van der Waals surface area contributed by atoms with E-state index in [4.69, 9.17) is 0 Å². The highest BCUT2D eigenvalue weighted by molar-refractivity contribution is 5.97. The first-order chi connectivity index (χ1) is 12.3. The van der Waals surface area contributed by atoms with Crippen LogP contribution in [0.2, 0.25) is 0 Å². The van der Waals surface area contributed by atoms with Crippen LogP contribution in [0.4, 0.5) is 23.7 Å². The van der Waals surface area contributed by atoms with E-state index >= 15 is 0 Å². The van der Waals surface area contributed by atoms with E-state index in [0.717, 1.165) is 0 Å². The van der Waals surface area contributed by atoms with Crippen LogP contribution in [0.25, 0.3) is 0 Å². The second kappa shape index (κ2) is 7.40. The minimum Gasteiger partial charge on any atom is -0.350 e. The molecule has 1 saturated heterocycles. The van der Waals surface area contributed by atoms with Gasteiger partial charge in [-0.1, -0.05) is 0 Å². The minimum absolute atomic E-state index is 0.00439. The lowest BCUT2D eigenvalue weighted by Crippen LogP contribution is -2.51. The van der Waals surface area contributed by atoms with E-state index in [2.05, 4.69) is 10.6 Å². The summed E-state index contributed by atoms with van der Waals surface area (Å²) in [6, 6.07) is 4.22. The van der Waals surface area contributed by atoms with Crippen molar-refractivity contribution in [3.8, 4) is 0 Å². The van der Waals surface area contributed by atoms with Gasteiger partial charge in [-0.15, -0.1) is 0 Å². The zero-order valence-electron chi connectivity index (χ0n) is 16.2. The molecule has 1 heterocycles. The number of anilines is 1. The van der Waals surface area contributed by atoms with E-state index in [0.29, 0.717) is 16.8 Å². The first-order valence-corrected chi connectivity index (χ1v) is 8.91. The van der Waals surface area contributed by atoms with Crippen molar-refractivity contribution in [1.29, 1.82) is 0 Å². The summed E-state index contributed by atoms with van der Waals surface area (Å²) in [7, 11) is 0. The lowest BCUT2D eigenvalue weighted by molar-refractivity contribution is -0.189. The molecule has 5 nitrogen and oxygen atoms in total. The van der Waals surface area contributed by atoms with E-state index < -0.39 is 23.7 Å². The summed E-state index contributed by atoms with van der Waals surface area (Å²) in [5, 5.41) is 5.44. The number of halogens is 3. The molecule has 1 fully saturated rings. The maximum absolute atomic E-state index is 13.2. The predicted molar refractivity (Wildman–Crippen MR) is 97.7 cm³/mol. The van der Waals surface area contributed by atoms with Gasteiger partial charge >= 0.3 is 12.2 Å². The number of alkyl halides is 3. The summed E-state index contributed by atoms with van der Waals surface area (Å²) >= 11 is 0. The summed E-state index contributed by atoms with van der Waals surface area (Å²) in [6.07, 6.45) is -4.46. The fourth-order valence-electron chi connectivity index (χ4n) is 3.54. The Balaban J connectivity index is 2.13. The molecule has 0 spiro atoms. The van der Waals surface area contributed by atoms with Crippen LogP contribution < -0.4 is 10.6 Å². The molecule has 2 N–H and O–H groups in total. The summed E-state index contributed by atoms with van der Waals surface area (Å²) in [5.74, 6) is -1.77. The van der Waals surface area contributed by atoms with Crippen molar-refractivity contribution in [2.75, 3.05) is 11.9 Å². The molecule has 150 valence electrons. The number of hydrogen-bond donors (Lipinski definition) is 2. The second-order valence-corrected chi connectivity index (χ2v) is 7.78. The lowest BCUT2D eigenvalue weighted by atomic mass is 9.88. The van der Waals surface area contributed by atoms with Gasteiger partial charge in [0.15, 0.2) is 0 Å². The third-order valence-electron chi connectivity index (χ3n) is 4.97. The summed E-state index contributed by atoms with van der Waals surface area (Å²) in [6.45, 7) is 8.35. The SMILES string of the molecule is Cc1cc(NC(=O)N2CCC(C(F)(F)F)C2(C)C)ccc1C(=O)NC(C)C. The number of likely N-dealkylation sites (tertiary alicyclic amines) is 1. The Bertz CT molecular complexity index is 729. The topological polar surface area (TPSA) is 61.4 Å².